The first-order valence-corrected chi connectivity index (χ1v) is 10.3. The Bertz CT molecular complexity index is 1210. The largest absolute Gasteiger partial charge is 0.445 e. The van der Waals surface area contributed by atoms with Crippen LogP contribution in [0.2, 0.25) is 0 Å². The summed E-state index contributed by atoms with van der Waals surface area (Å²) in [6.07, 6.45) is 0.000604. The van der Waals surface area contributed by atoms with E-state index in [9.17, 15) is 31.1 Å². The van der Waals surface area contributed by atoms with Crippen LogP contribution in [0.4, 0.5) is 32.0 Å². The third kappa shape index (κ3) is 3.57. The number of amides is 1. The Kier molecular flexibility index (Phi) is 4.98. The minimum absolute atomic E-state index is 0.0295. The van der Waals surface area contributed by atoms with Crippen LogP contribution < -0.4 is 4.90 Å². The van der Waals surface area contributed by atoms with Crippen molar-refractivity contribution >= 4 is 11.6 Å². The predicted octanol–water partition coefficient (Wildman–Crippen LogP) is 6.06. The van der Waals surface area contributed by atoms with E-state index in [-0.39, 0.29) is 29.6 Å². The molecule has 1 saturated carbocycles. The smallest absolute Gasteiger partial charge is 0.416 e. The van der Waals surface area contributed by atoms with Crippen molar-refractivity contribution < 1.29 is 35.6 Å². The van der Waals surface area contributed by atoms with E-state index < -0.39 is 52.1 Å². The molecule has 172 valence electrons. The average molecular weight is 466 g/mol. The van der Waals surface area contributed by atoms with E-state index in [1.165, 1.54) is 18.5 Å². The lowest BCUT2D eigenvalue weighted by molar-refractivity contribution is -0.138. The molecule has 33 heavy (non-hydrogen) atoms. The van der Waals surface area contributed by atoms with Gasteiger partial charge in [-0.2, -0.15) is 13.2 Å². The maximum absolute atomic E-state index is 14.7. The lowest BCUT2D eigenvalue weighted by Gasteiger charge is -2.30. The summed E-state index contributed by atoms with van der Waals surface area (Å²) in [6.45, 7) is 0.110. The zero-order chi connectivity index (χ0) is 23.5. The Labute approximate surface area is 183 Å². The Morgan fingerprint density at radius 3 is 2.27 bits per heavy atom. The van der Waals surface area contributed by atoms with Gasteiger partial charge in [0.05, 0.1) is 17.7 Å². The van der Waals surface area contributed by atoms with E-state index in [0.29, 0.717) is 12.1 Å². The number of carbonyl (C=O) groups is 1. The van der Waals surface area contributed by atoms with Gasteiger partial charge in [0.2, 0.25) is 11.8 Å². The van der Waals surface area contributed by atoms with Crippen LogP contribution in [0, 0.1) is 23.4 Å². The number of nitrogens with zero attached hydrogens (tertiary/aromatic N) is 2. The molecular formula is C23H16F6N2O2. The van der Waals surface area contributed by atoms with Crippen molar-refractivity contribution in [1.82, 2.24) is 4.98 Å². The molecule has 0 radical (unpaired) electrons. The second-order valence-electron chi connectivity index (χ2n) is 8.25. The number of anilines is 1. The van der Waals surface area contributed by atoms with Crippen LogP contribution in [-0.2, 0) is 11.0 Å². The van der Waals surface area contributed by atoms with E-state index in [1.54, 1.807) is 0 Å². The molecule has 10 heteroatoms. The van der Waals surface area contributed by atoms with Crippen molar-refractivity contribution in [2.24, 2.45) is 5.92 Å². The molecule has 1 atom stereocenters. The van der Waals surface area contributed by atoms with Crippen molar-refractivity contribution in [3.8, 4) is 11.5 Å². The number of carbonyl (C=O) groups excluding carboxylic acids is 1. The number of fused-ring (bicyclic) bond motifs is 1. The molecule has 0 bridgehead atoms. The van der Waals surface area contributed by atoms with E-state index in [2.05, 4.69) is 4.98 Å². The van der Waals surface area contributed by atoms with Crippen LogP contribution in [0.25, 0.3) is 11.5 Å². The predicted molar refractivity (Wildman–Crippen MR) is 105 cm³/mol. The van der Waals surface area contributed by atoms with Crippen LogP contribution in [0.1, 0.15) is 41.9 Å². The van der Waals surface area contributed by atoms with Crippen molar-refractivity contribution in [1.29, 1.82) is 0 Å². The monoisotopic (exact) mass is 466 g/mol. The van der Waals surface area contributed by atoms with Crippen LogP contribution in [0.5, 0.6) is 0 Å². The Hall–Kier alpha value is -3.30. The Balaban J connectivity index is 1.77. The summed E-state index contributed by atoms with van der Waals surface area (Å²) in [5, 5.41) is 0. The number of oxazole rings is 1. The third-order valence-electron chi connectivity index (χ3n) is 6.23. The van der Waals surface area contributed by atoms with Crippen molar-refractivity contribution in [2.45, 2.75) is 31.4 Å². The quantitative estimate of drug-likeness (QED) is 0.440. The fourth-order valence-electron chi connectivity index (χ4n) is 4.51. The molecule has 1 aliphatic carbocycles. The van der Waals surface area contributed by atoms with Crippen LogP contribution in [0.15, 0.2) is 41.1 Å². The molecule has 1 amide bonds. The van der Waals surface area contributed by atoms with Gasteiger partial charge in [0.15, 0.2) is 0 Å². The zero-order valence-electron chi connectivity index (χ0n) is 16.9. The van der Waals surface area contributed by atoms with Gasteiger partial charge < -0.3 is 9.32 Å². The summed E-state index contributed by atoms with van der Waals surface area (Å²) in [6, 6.07) is 2.77. The van der Waals surface area contributed by atoms with Gasteiger partial charge >= 0.3 is 6.18 Å². The van der Waals surface area contributed by atoms with Gasteiger partial charge in [-0.05, 0) is 30.9 Å². The number of aromatic nitrogens is 1. The standard InChI is InChI=1S/C23H16F6N2O2/c24-13-8-15(25)19(16(26)9-13)20-18-14(23(27,28)29)6-12(21-30-4-5-33-21)7-17(18)31(22(20)32)10-11-2-1-3-11/h4-9,11,20H,1-3,10H2. The van der Waals surface area contributed by atoms with Crippen molar-refractivity contribution in [2.75, 3.05) is 11.4 Å². The van der Waals surface area contributed by atoms with Crippen LogP contribution >= 0.6 is 0 Å². The number of rotatable bonds is 4. The van der Waals surface area contributed by atoms with Gasteiger partial charge in [-0.25, -0.2) is 18.2 Å². The van der Waals surface area contributed by atoms with Crippen LogP contribution in [-0.4, -0.2) is 17.4 Å². The van der Waals surface area contributed by atoms with Gasteiger partial charge in [0.25, 0.3) is 0 Å². The highest BCUT2D eigenvalue weighted by molar-refractivity contribution is 6.08. The zero-order valence-corrected chi connectivity index (χ0v) is 16.9. The van der Waals surface area contributed by atoms with Gasteiger partial charge in [0.1, 0.15) is 23.7 Å². The Morgan fingerprint density at radius 2 is 1.73 bits per heavy atom. The fraction of sp³-hybridized carbons (Fsp3) is 0.304. The van der Waals surface area contributed by atoms with E-state index in [4.69, 9.17) is 4.42 Å². The average Bonchev–Trinajstić information content (AvgIpc) is 3.31. The summed E-state index contributed by atoms with van der Waals surface area (Å²) >= 11 is 0. The van der Waals surface area contributed by atoms with Crippen LogP contribution in [0.3, 0.4) is 0 Å². The van der Waals surface area contributed by atoms with Gasteiger partial charge in [0, 0.05) is 41.1 Å². The maximum Gasteiger partial charge on any atom is 0.416 e. The van der Waals surface area contributed by atoms with Crippen molar-refractivity contribution in [3.05, 3.63) is 70.9 Å². The number of hydrogen-bond donors (Lipinski definition) is 0. The topological polar surface area (TPSA) is 46.3 Å². The molecule has 5 rings (SSSR count). The lowest BCUT2D eigenvalue weighted by Crippen LogP contribution is -2.36. The third-order valence-corrected chi connectivity index (χ3v) is 6.23. The summed E-state index contributed by atoms with van der Waals surface area (Å²) < 4.78 is 90.5. The molecule has 1 unspecified atom stereocenters. The number of hydrogen-bond acceptors (Lipinski definition) is 3. The second-order valence-corrected chi connectivity index (χ2v) is 8.25. The Morgan fingerprint density at radius 1 is 1.03 bits per heavy atom. The molecule has 4 nitrogen and oxygen atoms in total. The van der Waals surface area contributed by atoms with Gasteiger partial charge in [-0.15, -0.1) is 0 Å². The first kappa shape index (κ1) is 21.5. The first-order chi connectivity index (χ1) is 15.6. The molecule has 1 aliphatic heterocycles. The van der Waals surface area contributed by atoms with Crippen molar-refractivity contribution in [3.63, 3.8) is 0 Å². The molecule has 0 saturated heterocycles. The number of halogens is 6. The lowest BCUT2D eigenvalue weighted by atomic mass is 9.85. The summed E-state index contributed by atoms with van der Waals surface area (Å²) in [7, 11) is 0. The normalized spacial score (nSPS) is 18.5. The first-order valence-electron chi connectivity index (χ1n) is 10.3. The maximum atomic E-state index is 14.7. The summed E-state index contributed by atoms with van der Waals surface area (Å²) in [5.41, 5.74) is -2.84. The molecule has 2 heterocycles. The molecular weight excluding hydrogens is 450 g/mol. The second kappa shape index (κ2) is 7.64. The molecule has 2 aliphatic rings. The SMILES string of the molecule is O=C1C(c2c(F)cc(F)cc2F)c2c(cc(-c3ncco3)cc2C(F)(F)F)N1CC1CCC1. The summed E-state index contributed by atoms with van der Waals surface area (Å²) in [4.78, 5) is 18.4. The minimum atomic E-state index is -4.95. The number of benzene rings is 2. The molecule has 3 aromatic rings. The van der Waals surface area contributed by atoms with Gasteiger partial charge in [-0.1, -0.05) is 6.42 Å². The highest BCUT2D eigenvalue weighted by Crippen LogP contribution is 2.51. The summed E-state index contributed by atoms with van der Waals surface area (Å²) in [5.74, 6) is -6.92. The molecule has 2 aromatic carbocycles. The highest BCUT2D eigenvalue weighted by atomic mass is 19.4. The minimum Gasteiger partial charge on any atom is -0.445 e. The number of alkyl halides is 3. The molecule has 0 N–H and O–H groups in total. The van der Waals surface area contributed by atoms with E-state index in [1.807, 2.05) is 0 Å². The van der Waals surface area contributed by atoms with Gasteiger partial charge in [-0.3, -0.25) is 4.79 Å². The fourth-order valence-corrected chi connectivity index (χ4v) is 4.51. The molecule has 0 spiro atoms. The highest BCUT2D eigenvalue weighted by Gasteiger charge is 2.48. The molecule has 1 fully saturated rings. The van der Waals surface area contributed by atoms with E-state index in [0.717, 1.165) is 30.2 Å². The van der Waals surface area contributed by atoms with E-state index >= 15 is 0 Å². The molecule has 1 aromatic heterocycles.